The van der Waals surface area contributed by atoms with Crippen LogP contribution in [0.4, 0.5) is 0 Å². The van der Waals surface area contributed by atoms with Gasteiger partial charge < -0.3 is 0 Å². The molecule has 3 aromatic rings. The third-order valence-electron chi connectivity index (χ3n) is 4.76. The van der Waals surface area contributed by atoms with E-state index < -0.39 is 0 Å². The standard InChI is InChI=1S/C21H14Cl2N4O/c1-12-17(16-7-6-15(22)8-18(16)23)9-20-25-19(10-21(28)27(20)26-12)14-4-2-13(11-24)3-5-14/h2-8,10,17H,9H2,1H3. The first-order valence-electron chi connectivity index (χ1n) is 8.60. The Morgan fingerprint density at radius 1 is 1.14 bits per heavy atom. The number of fused-ring (bicyclic) bond motifs is 1. The number of aromatic nitrogens is 2. The highest BCUT2D eigenvalue weighted by molar-refractivity contribution is 6.35. The minimum absolute atomic E-state index is 0.0899. The minimum atomic E-state index is -0.246. The number of hydrogen-bond acceptors (Lipinski definition) is 4. The van der Waals surface area contributed by atoms with Gasteiger partial charge in [0.25, 0.3) is 5.56 Å². The smallest absolute Gasteiger partial charge is 0.267 e. The molecule has 28 heavy (non-hydrogen) atoms. The van der Waals surface area contributed by atoms with Gasteiger partial charge in [0.1, 0.15) is 5.82 Å². The summed E-state index contributed by atoms with van der Waals surface area (Å²) in [6, 6.07) is 15.9. The van der Waals surface area contributed by atoms with Crippen LogP contribution in [0.15, 0.2) is 58.4 Å². The van der Waals surface area contributed by atoms with E-state index in [4.69, 9.17) is 28.5 Å². The normalized spacial score (nSPS) is 15.5. The van der Waals surface area contributed by atoms with E-state index in [2.05, 4.69) is 16.2 Å². The number of halogens is 2. The quantitative estimate of drug-likeness (QED) is 0.619. The van der Waals surface area contributed by atoms with Crippen LogP contribution in [0.3, 0.4) is 0 Å². The molecule has 0 amide bonds. The molecule has 0 fully saturated rings. The monoisotopic (exact) mass is 408 g/mol. The Kier molecular flexibility index (Phi) is 4.76. The Morgan fingerprint density at radius 3 is 2.57 bits per heavy atom. The summed E-state index contributed by atoms with van der Waals surface area (Å²) in [7, 11) is 0. The summed E-state index contributed by atoms with van der Waals surface area (Å²) in [5.41, 5.74) is 3.31. The zero-order chi connectivity index (χ0) is 19.8. The van der Waals surface area contributed by atoms with Crippen molar-refractivity contribution < 1.29 is 0 Å². The minimum Gasteiger partial charge on any atom is -0.267 e. The summed E-state index contributed by atoms with van der Waals surface area (Å²) in [6.07, 6.45) is 0.496. The fraction of sp³-hybridized carbons (Fsp3) is 0.143. The van der Waals surface area contributed by atoms with E-state index in [1.165, 1.54) is 10.7 Å². The van der Waals surface area contributed by atoms with Crippen LogP contribution >= 0.6 is 23.2 Å². The Morgan fingerprint density at radius 2 is 1.89 bits per heavy atom. The number of hydrogen-bond donors (Lipinski definition) is 0. The number of nitriles is 1. The lowest BCUT2D eigenvalue weighted by molar-refractivity contribution is 0.641. The van der Waals surface area contributed by atoms with Crippen molar-refractivity contribution in [1.82, 2.24) is 9.66 Å². The Labute approximate surface area is 171 Å². The highest BCUT2D eigenvalue weighted by atomic mass is 35.5. The van der Waals surface area contributed by atoms with Gasteiger partial charge in [0.2, 0.25) is 0 Å². The van der Waals surface area contributed by atoms with E-state index in [9.17, 15) is 4.79 Å². The molecule has 0 saturated heterocycles. The molecule has 4 rings (SSSR count). The lowest BCUT2D eigenvalue weighted by Crippen LogP contribution is -2.30. The van der Waals surface area contributed by atoms with Gasteiger partial charge in [-0.2, -0.15) is 15.0 Å². The van der Waals surface area contributed by atoms with Crippen LogP contribution in [0.5, 0.6) is 0 Å². The molecule has 0 N–H and O–H groups in total. The van der Waals surface area contributed by atoms with Crippen LogP contribution in [0, 0.1) is 11.3 Å². The molecule has 5 nitrogen and oxygen atoms in total. The summed E-state index contributed by atoms with van der Waals surface area (Å²) < 4.78 is 1.34. The summed E-state index contributed by atoms with van der Waals surface area (Å²) >= 11 is 12.4. The SMILES string of the molecule is CC1=Nn2c(nc(-c3ccc(C#N)cc3)cc2=O)CC1c1ccc(Cl)cc1Cl. The maximum absolute atomic E-state index is 12.6. The maximum Gasteiger partial charge on any atom is 0.274 e. The molecule has 1 atom stereocenters. The fourth-order valence-electron chi connectivity index (χ4n) is 3.30. The molecule has 0 saturated carbocycles. The molecule has 2 heterocycles. The van der Waals surface area contributed by atoms with Crippen molar-refractivity contribution in [3.63, 3.8) is 0 Å². The van der Waals surface area contributed by atoms with E-state index in [0.29, 0.717) is 33.5 Å². The first-order valence-corrected chi connectivity index (χ1v) is 9.36. The van der Waals surface area contributed by atoms with Gasteiger partial charge in [-0.25, -0.2) is 4.98 Å². The molecule has 1 aliphatic rings. The molecule has 1 aliphatic heterocycles. The average Bonchev–Trinajstić information content (AvgIpc) is 2.68. The molecule has 7 heteroatoms. The molecule has 2 aromatic carbocycles. The van der Waals surface area contributed by atoms with Crippen LogP contribution in [0.1, 0.15) is 29.8 Å². The second kappa shape index (κ2) is 7.23. The van der Waals surface area contributed by atoms with Gasteiger partial charge in [0, 0.05) is 39.7 Å². The van der Waals surface area contributed by atoms with Crippen molar-refractivity contribution in [2.24, 2.45) is 5.10 Å². The second-order valence-electron chi connectivity index (χ2n) is 6.56. The fourth-order valence-corrected chi connectivity index (χ4v) is 3.84. The highest BCUT2D eigenvalue weighted by Crippen LogP contribution is 2.32. The van der Waals surface area contributed by atoms with E-state index in [0.717, 1.165) is 16.8 Å². The first-order chi connectivity index (χ1) is 13.5. The lowest BCUT2D eigenvalue weighted by Gasteiger charge is -2.24. The van der Waals surface area contributed by atoms with Gasteiger partial charge in [-0.05, 0) is 36.8 Å². The molecule has 1 unspecified atom stereocenters. The molecule has 1 aromatic heterocycles. The van der Waals surface area contributed by atoms with E-state index in [1.54, 1.807) is 36.4 Å². The van der Waals surface area contributed by atoms with Crippen LogP contribution in [-0.2, 0) is 6.42 Å². The summed E-state index contributed by atoms with van der Waals surface area (Å²) in [5.74, 6) is 0.473. The van der Waals surface area contributed by atoms with Crippen LogP contribution in [0.25, 0.3) is 11.3 Å². The number of nitrogens with zero attached hydrogens (tertiary/aromatic N) is 4. The Bertz CT molecular complexity index is 1210. The predicted molar refractivity (Wildman–Crippen MR) is 110 cm³/mol. The third kappa shape index (κ3) is 3.33. The largest absolute Gasteiger partial charge is 0.274 e. The van der Waals surface area contributed by atoms with E-state index in [1.807, 2.05) is 13.0 Å². The van der Waals surface area contributed by atoms with Gasteiger partial charge in [0.15, 0.2) is 0 Å². The maximum atomic E-state index is 12.6. The van der Waals surface area contributed by atoms with Crippen molar-refractivity contribution in [1.29, 1.82) is 5.26 Å². The van der Waals surface area contributed by atoms with Gasteiger partial charge in [0.05, 0.1) is 17.3 Å². The molecule has 0 spiro atoms. The van der Waals surface area contributed by atoms with Crippen LogP contribution in [-0.4, -0.2) is 15.4 Å². The van der Waals surface area contributed by atoms with Crippen LogP contribution < -0.4 is 5.56 Å². The van der Waals surface area contributed by atoms with Crippen LogP contribution in [0.2, 0.25) is 10.0 Å². The van der Waals surface area contributed by atoms with Gasteiger partial charge >= 0.3 is 0 Å². The van der Waals surface area contributed by atoms with Crippen molar-refractivity contribution in [3.05, 3.63) is 85.9 Å². The van der Waals surface area contributed by atoms with Crippen molar-refractivity contribution in [3.8, 4) is 17.3 Å². The molecular weight excluding hydrogens is 395 g/mol. The van der Waals surface area contributed by atoms with E-state index in [-0.39, 0.29) is 11.5 Å². The zero-order valence-electron chi connectivity index (χ0n) is 14.9. The third-order valence-corrected chi connectivity index (χ3v) is 5.32. The van der Waals surface area contributed by atoms with Gasteiger partial charge in [-0.15, -0.1) is 0 Å². The summed E-state index contributed by atoms with van der Waals surface area (Å²) in [5, 5.41) is 14.5. The highest BCUT2D eigenvalue weighted by Gasteiger charge is 2.26. The zero-order valence-corrected chi connectivity index (χ0v) is 16.4. The average molecular weight is 409 g/mol. The predicted octanol–water partition coefficient (Wildman–Crippen LogP) is 4.65. The van der Waals surface area contributed by atoms with Crippen molar-refractivity contribution in [2.75, 3.05) is 0 Å². The number of benzene rings is 2. The van der Waals surface area contributed by atoms with Gasteiger partial charge in [-0.1, -0.05) is 41.4 Å². The van der Waals surface area contributed by atoms with E-state index >= 15 is 0 Å². The first kappa shape index (κ1) is 18.4. The molecule has 0 radical (unpaired) electrons. The summed E-state index contributed by atoms with van der Waals surface area (Å²) in [6.45, 7) is 1.87. The second-order valence-corrected chi connectivity index (χ2v) is 7.40. The molecule has 0 aliphatic carbocycles. The van der Waals surface area contributed by atoms with Crippen molar-refractivity contribution >= 4 is 28.9 Å². The molecular formula is C21H14Cl2N4O. The molecule has 138 valence electrons. The molecule has 0 bridgehead atoms. The lowest BCUT2D eigenvalue weighted by atomic mass is 9.90. The summed E-state index contributed by atoms with van der Waals surface area (Å²) in [4.78, 5) is 17.3. The van der Waals surface area contributed by atoms with Crippen molar-refractivity contribution in [2.45, 2.75) is 19.3 Å². The Hall–Kier alpha value is -2.94. The van der Waals surface area contributed by atoms with Gasteiger partial charge in [-0.3, -0.25) is 4.79 Å². The Balaban J connectivity index is 1.78. The topological polar surface area (TPSA) is 71.0 Å². The number of rotatable bonds is 2.